The number of rotatable bonds is 5. The van der Waals surface area contributed by atoms with Crippen molar-refractivity contribution in [2.45, 2.75) is 25.8 Å². The Morgan fingerprint density at radius 2 is 2.21 bits per heavy atom. The lowest BCUT2D eigenvalue weighted by molar-refractivity contribution is 0.273. The van der Waals surface area contributed by atoms with Crippen molar-refractivity contribution in [2.24, 2.45) is 5.73 Å². The summed E-state index contributed by atoms with van der Waals surface area (Å²) in [5.74, 6) is 0. The predicted molar refractivity (Wildman–Crippen MR) is 60.3 cm³/mol. The third kappa shape index (κ3) is 4.44. The van der Waals surface area contributed by atoms with Gasteiger partial charge in [-0.2, -0.15) is 0 Å². The first kappa shape index (κ1) is 11.3. The number of nitrogens with one attached hydrogen (secondary N) is 1. The van der Waals surface area contributed by atoms with E-state index < -0.39 is 0 Å². The molecule has 0 spiro atoms. The third-order valence-electron chi connectivity index (χ3n) is 2.12. The number of nitrogens with two attached hydrogens (primary N) is 1. The van der Waals surface area contributed by atoms with Crippen molar-refractivity contribution in [3.8, 4) is 0 Å². The zero-order valence-electron chi connectivity index (χ0n) is 9.38. The summed E-state index contributed by atoms with van der Waals surface area (Å²) >= 11 is 0. The Hall–Kier alpha value is -0.800. The number of hydrogen-bond acceptors (Lipinski definition) is 2. The van der Waals surface area contributed by atoms with E-state index in [0.717, 1.165) is 19.5 Å². The molecule has 3 N–H and O–H groups in total. The molecule has 3 heteroatoms. The summed E-state index contributed by atoms with van der Waals surface area (Å²) in [6, 6.07) is 2.11. The molecule has 0 fully saturated rings. The van der Waals surface area contributed by atoms with Crippen LogP contribution in [0.4, 0.5) is 0 Å². The molecule has 3 nitrogen and oxygen atoms in total. The van der Waals surface area contributed by atoms with Crippen LogP contribution in [0.1, 0.15) is 19.4 Å². The van der Waals surface area contributed by atoms with Crippen molar-refractivity contribution in [1.82, 2.24) is 9.88 Å². The number of aromatic amines is 1. The van der Waals surface area contributed by atoms with E-state index in [1.54, 1.807) is 0 Å². The van der Waals surface area contributed by atoms with Crippen LogP contribution in [0, 0.1) is 0 Å². The quantitative estimate of drug-likeness (QED) is 0.742. The van der Waals surface area contributed by atoms with Crippen molar-refractivity contribution in [3.05, 3.63) is 24.0 Å². The van der Waals surface area contributed by atoms with Crippen LogP contribution in [0.15, 0.2) is 18.5 Å². The van der Waals surface area contributed by atoms with Crippen molar-refractivity contribution < 1.29 is 0 Å². The lowest BCUT2D eigenvalue weighted by Gasteiger charge is -2.26. The molecule has 14 heavy (non-hydrogen) atoms. The fourth-order valence-electron chi connectivity index (χ4n) is 1.61. The SMILES string of the molecule is CN(CCc1cc[nH]c1)CC(C)(C)N. The van der Waals surface area contributed by atoms with Gasteiger partial charge in [0.2, 0.25) is 0 Å². The van der Waals surface area contributed by atoms with Crippen LogP contribution in [0.5, 0.6) is 0 Å². The Balaban J connectivity index is 2.25. The molecular formula is C11H21N3. The largest absolute Gasteiger partial charge is 0.367 e. The Bertz CT molecular complexity index is 246. The van der Waals surface area contributed by atoms with Gasteiger partial charge in [0.15, 0.2) is 0 Å². The van der Waals surface area contributed by atoms with E-state index in [-0.39, 0.29) is 5.54 Å². The summed E-state index contributed by atoms with van der Waals surface area (Å²) in [5.41, 5.74) is 7.19. The van der Waals surface area contributed by atoms with Gasteiger partial charge in [0.25, 0.3) is 0 Å². The summed E-state index contributed by atoms with van der Waals surface area (Å²) in [7, 11) is 2.11. The van der Waals surface area contributed by atoms with Crippen LogP contribution < -0.4 is 5.73 Å². The van der Waals surface area contributed by atoms with Crippen molar-refractivity contribution in [3.63, 3.8) is 0 Å². The molecule has 1 heterocycles. The average Bonchev–Trinajstić information content (AvgIpc) is 2.49. The van der Waals surface area contributed by atoms with Gasteiger partial charge in [-0.15, -0.1) is 0 Å². The van der Waals surface area contributed by atoms with Gasteiger partial charge in [-0.1, -0.05) is 0 Å². The standard InChI is InChI=1S/C11H21N3/c1-11(2,12)9-14(3)7-5-10-4-6-13-8-10/h4,6,8,13H,5,7,9,12H2,1-3H3. The first-order valence-corrected chi connectivity index (χ1v) is 5.06. The van der Waals surface area contributed by atoms with E-state index in [9.17, 15) is 0 Å². The summed E-state index contributed by atoms with van der Waals surface area (Å²) in [5, 5.41) is 0. The van der Waals surface area contributed by atoms with Crippen LogP contribution in [-0.2, 0) is 6.42 Å². The zero-order chi connectivity index (χ0) is 10.6. The second-order valence-corrected chi connectivity index (χ2v) is 4.70. The van der Waals surface area contributed by atoms with Crippen LogP contribution in [0.2, 0.25) is 0 Å². The van der Waals surface area contributed by atoms with Crippen molar-refractivity contribution >= 4 is 0 Å². The Morgan fingerprint density at radius 1 is 1.50 bits per heavy atom. The van der Waals surface area contributed by atoms with Crippen LogP contribution in [0.3, 0.4) is 0 Å². The highest BCUT2D eigenvalue weighted by molar-refractivity contribution is 5.08. The molecule has 0 aliphatic rings. The smallest absolute Gasteiger partial charge is 0.0225 e. The molecule has 1 aromatic rings. The van der Waals surface area contributed by atoms with Crippen LogP contribution >= 0.6 is 0 Å². The van der Waals surface area contributed by atoms with E-state index in [1.807, 2.05) is 12.4 Å². The molecule has 0 aliphatic carbocycles. The van der Waals surface area contributed by atoms with Crippen LogP contribution in [0.25, 0.3) is 0 Å². The third-order valence-corrected chi connectivity index (χ3v) is 2.12. The number of hydrogen-bond donors (Lipinski definition) is 2. The molecule has 1 aromatic heterocycles. The Kier molecular flexibility index (Phi) is 3.72. The van der Waals surface area contributed by atoms with Gasteiger partial charge >= 0.3 is 0 Å². The first-order chi connectivity index (χ1) is 6.47. The van der Waals surface area contributed by atoms with Gasteiger partial charge in [0.1, 0.15) is 0 Å². The van der Waals surface area contributed by atoms with Gasteiger partial charge in [0, 0.05) is 31.0 Å². The minimum absolute atomic E-state index is 0.104. The van der Waals surface area contributed by atoms with Crippen molar-refractivity contribution in [2.75, 3.05) is 20.1 Å². The summed E-state index contributed by atoms with van der Waals surface area (Å²) in [6.07, 6.45) is 5.08. The highest BCUT2D eigenvalue weighted by Gasteiger charge is 2.13. The van der Waals surface area contributed by atoms with Crippen LogP contribution in [-0.4, -0.2) is 35.6 Å². The predicted octanol–water partition coefficient (Wildman–Crippen LogP) is 1.23. The van der Waals surface area contributed by atoms with E-state index >= 15 is 0 Å². The van der Waals surface area contributed by atoms with Gasteiger partial charge in [0.05, 0.1) is 0 Å². The maximum absolute atomic E-state index is 5.94. The summed E-state index contributed by atoms with van der Waals surface area (Å²) in [6.45, 7) is 6.09. The second-order valence-electron chi connectivity index (χ2n) is 4.70. The molecule has 0 aliphatic heterocycles. The molecule has 0 bridgehead atoms. The molecule has 0 unspecified atom stereocenters. The van der Waals surface area contributed by atoms with E-state index in [1.165, 1.54) is 5.56 Å². The number of aromatic nitrogens is 1. The monoisotopic (exact) mass is 195 g/mol. The Morgan fingerprint density at radius 3 is 2.71 bits per heavy atom. The normalized spacial score (nSPS) is 12.4. The minimum Gasteiger partial charge on any atom is -0.367 e. The maximum Gasteiger partial charge on any atom is 0.0225 e. The molecule has 1 rings (SSSR count). The summed E-state index contributed by atoms with van der Waals surface area (Å²) < 4.78 is 0. The highest BCUT2D eigenvalue weighted by atomic mass is 15.1. The topological polar surface area (TPSA) is 45.0 Å². The lowest BCUT2D eigenvalue weighted by atomic mass is 10.1. The van der Waals surface area contributed by atoms with Gasteiger partial charge in [-0.05, 0) is 38.9 Å². The lowest BCUT2D eigenvalue weighted by Crippen LogP contribution is -2.44. The van der Waals surface area contributed by atoms with E-state index in [4.69, 9.17) is 5.73 Å². The molecule has 0 aromatic carbocycles. The molecule has 80 valence electrons. The number of likely N-dealkylation sites (N-methyl/N-ethyl adjacent to an activating group) is 1. The first-order valence-electron chi connectivity index (χ1n) is 5.06. The maximum atomic E-state index is 5.94. The van der Waals surface area contributed by atoms with E-state index in [2.05, 4.69) is 36.8 Å². The van der Waals surface area contributed by atoms with Gasteiger partial charge in [-0.3, -0.25) is 0 Å². The number of nitrogens with zero attached hydrogens (tertiary/aromatic N) is 1. The van der Waals surface area contributed by atoms with Crippen molar-refractivity contribution in [1.29, 1.82) is 0 Å². The molecule has 0 radical (unpaired) electrons. The highest BCUT2D eigenvalue weighted by Crippen LogP contribution is 2.02. The average molecular weight is 195 g/mol. The molecule has 0 amide bonds. The minimum atomic E-state index is -0.104. The second kappa shape index (κ2) is 4.62. The molecule has 0 saturated carbocycles. The summed E-state index contributed by atoms with van der Waals surface area (Å²) in [4.78, 5) is 5.33. The molecule has 0 saturated heterocycles. The molecule has 0 atom stereocenters. The van der Waals surface area contributed by atoms with Gasteiger partial charge < -0.3 is 15.6 Å². The Labute approximate surface area is 86.3 Å². The van der Waals surface area contributed by atoms with E-state index in [0.29, 0.717) is 0 Å². The number of H-pyrrole nitrogens is 1. The van der Waals surface area contributed by atoms with Gasteiger partial charge in [-0.25, -0.2) is 0 Å². The fourth-order valence-corrected chi connectivity index (χ4v) is 1.61. The zero-order valence-corrected chi connectivity index (χ0v) is 9.38. The fraction of sp³-hybridized carbons (Fsp3) is 0.636. The molecular weight excluding hydrogens is 174 g/mol.